The summed E-state index contributed by atoms with van der Waals surface area (Å²) < 4.78 is 0. The van der Waals surface area contributed by atoms with Gasteiger partial charge in [-0.2, -0.15) is 11.3 Å². The van der Waals surface area contributed by atoms with E-state index in [-0.39, 0.29) is 17.4 Å². The van der Waals surface area contributed by atoms with Crippen LogP contribution in [0.2, 0.25) is 0 Å². The van der Waals surface area contributed by atoms with Crippen molar-refractivity contribution in [3.63, 3.8) is 0 Å². The van der Waals surface area contributed by atoms with Crippen LogP contribution in [0.4, 0.5) is 0 Å². The van der Waals surface area contributed by atoms with E-state index in [1.807, 2.05) is 21.0 Å². The quantitative estimate of drug-likeness (QED) is 0.890. The third-order valence-electron chi connectivity index (χ3n) is 3.65. The number of aryl methyl sites for hydroxylation is 1. The van der Waals surface area contributed by atoms with Gasteiger partial charge in [-0.05, 0) is 43.4 Å². The Morgan fingerprint density at radius 2 is 2.09 bits per heavy atom. The molecule has 0 saturated carbocycles. The van der Waals surface area contributed by atoms with Crippen molar-refractivity contribution in [1.82, 2.24) is 15.2 Å². The minimum Gasteiger partial charge on any atom is -0.349 e. The zero-order valence-electron chi connectivity index (χ0n) is 14.6. The fourth-order valence-corrected chi connectivity index (χ4v) is 4.01. The van der Waals surface area contributed by atoms with E-state index >= 15 is 0 Å². The van der Waals surface area contributed by atoms with Crippen molar-refractivity contribution in [2.75, 3.05) is 20.6 Å². The van der Waals surface area contributed by atoms with Crippen LogP contribution >= 0.6 is 22.7 Å². The maximum Gasteiger partial charge on any atom is 0.263 e. The first-order valence-electron chi connectivity index (χ1n) is 7.64. The van der Waals surface area contributed by atoms with Crippen molar-refractivity contribution in [1.29, 1.82) is 0 Å². The van der Waals surface area contributed by atoms with Gasteiger partial charge < -0.3 is 10.2 Å². The molecule has 0 fully saturated rings. The summed E-state index contributed by atoms with van der Waals surface area (Å²) >= 11 is 3.17. The lowest BCUT2D eigenvalue weighted by atomic mass is 9.98. The van der Waals surface area contributed by atoms with Crippen LogP contribution in [-0.4, -0.2) is 36.4 Å². The van der Waals surface area contributed by atoms with Crippen LogP contribution in [0.5, 0.6) is 0 Å². The first-order chi connectivity index (χ1) is 10.7. The number of hydrogen-bond donors (Lipinski definition) is 1. The van der Waals surface area contributed by atoms with Gasteiger partial charge in [0, 0.05) is 12.0 Å². The Bertz CT molecular complexity index is 654. The molecular formula is C17H25N3OS2. The van der Waals surface area contributed by atoms with E-state index < -0.39 is 0 Å². The molecule has 0 radical (unpaired) electrons. The van der Waals surface area contributed by atoms with Gasteiger partial charge in [0.05, 0.1) is 16.7 Å². The zero-order chi connectivity index (χ0) is 17.2. The summed E-state index contributed by atoms with van der Waals surface area (Å²) in [6.07, 6.45) is 0. The van der Waals surface area contributed by atoms with E-state index in [0.717, 1.165) is 15.6 Å². The molecular weight excluding hydrogens is 326 g/mol. The van der Waals surface area contributed by atoms with Gasteiger partial charge in [0.1, 0.15) is 4.88 Å². The summed E-state index contributed by atoms with van der Waals surface area (Å²) in [5, 5.41) is 8.27. The molecule has 1 N–H and O–H groups in total. The van der Waals surface area contributed by atoms with Crippen molar-refractivity contribution in [2.24, 2.45) is 0 Å². The highest BCUT2D eigenvalue weighted by Crippen LogP contribution is 2.29. The number of hydrogen-bond acceptors (Lipinski definition) is 5. The molecule has 1 atom stereocenters. The van der Waals surface area contributed by atoms with Gasteiger partial charge in [-0.25, -0.2) is 4.98 Å². The number of amides is 1. The van der Waals surface area contributed by atoms with Crippen LogP contribution < -0.4 is 5.32 Å². The molecule has 0 aromatic carbocycles. The number of carbonyl (C=O) groups excluding carboxylic acids is 1. The Balaban J connectivity index is 2.09. The van der Waals surface area contributed by atoms with Crippen LogP contribution in [0.25, 0.3) is 0 Å². The summed E-state index contributed by atoms with van der Waals surface area (Å²) in [6, 6.07) is 2.29. The second kappa shape index (κ2) is 7.11. The standard InChI is InChI=1S/C17H25N3OS2/c1-11-14(23-16(19-11)17(2,3)4)15(21)18-9-13(20(5)6)12-7-8-22-10-12/h7-8,10,13H,9H2,1-6H3,(H,18,21). The summed E-state index contributed by atoms with van der Waals surface area (Å²) in [6.45, 7) is 8.84. The van der Waals surface area contributed by atoms with Crippen molar-refractivity contribution < 1.29 is 4.79 Å². The molecule has 0 saturated heterocycles. The molecule has 1 unspecified atom stereocenters. The number of nitrogens with zero attached hydrogens (tertiary/aromatic N) is 2. The third-order valence-corrected chi connectivity index (χ3v) is 5.94. The van der Waals surface area contributed by atoms with Gasteiger partial charge in [-0.1, -0.05) is 20.8 Å². The van der Waals surface area contributed by atoms with E-state index in [4.69, 9.17) is 0 Å². The molecule has 0 aliphatic heterocycles. The molecule has 126 valence electrons. The number of thiazole rings is 1. The van der Waals surface area contributed by atoms with Crippen molar-refractivity contribution in [2.45, 2.75) is 39.2 Å². The monoisotopic (exact) mass is 351 g/mol. The predicted molar refractivity (Wildman–Crippen MR) is 98.6 cm³/mol. The number of rotatable bonds is 5. The topological polar surface area (TPSA) is 45.2 Å². The second-order valence-corrected chi connectivity index (χ2v) is 8.71. The van der Waals surface area contributed by atoms with Crippen LogP contribution in [0.15, 0.2) is 16.8 Å². The summed E-state index contributed by atoms with van der Waals surface area (Å²) in [4.78, 5) is 20.0. The molecule has 0 spiro atoms. The highest BCUT2D eigenvalue weighted by Gasteiger charge is 2.24. The van der Waals surface area contributed by atoms with Gasteiger partial charge in [0.15, 0.2) is 0 Å². The normalized spacial score (nSPS) is 13.3. The molecule has 2 aromatic rings. The van der Waals surface area contributed by atoms with Gasteiger partial charge in [-0.3, -0.25) is 4.79 Å². The average Bonchev–Trinajstić information content (AvgIpc) is 3.07. The number of nitrogens with one attached hydrogen (secondary N) is 1. The number of carbonyl (C=O) groups is 1. The van der Waals surface area contributed by atoms with Gasteiger partial charge in [0.2, 0.25) is 0 Å². The van der Waals surface area contributed by atoms with Crippen LogP contribution in [0.1, 0.15) is 52.7 Å². The summed E-state index contributed by atoms with van der Waals surface area (Å²) in [5.41, 5.74) is 2.02. The van der Waals surface area contributed by atoms with E-state index in [0.29, 0.717) is 6.54 Å². The molecule has 23 heavy (non-hydrogen) atoms. The van der Waals surface area contributed by atoms with Crippen LogP contribution in [-0.2, 0) is 5.41 Å². The van der Waals surface area contributed by atoms with E-state index in [1.165, 1.54) is 16.9 Å². The Morgan fingerprint density at radius 3 is 2.57 bits per heavy atom. The number of aromatic nitrogens is 1. The Labute approximate surface area is 146 Å². The highest BCUT2D eigenvalue weighted by atomic mass is 32.1. The van der Waals surface area contributed by atoms with E-state index in [1.54, 1.807) is 11.3 Å². The summed E-state index contributed by atoms with van der Waals surface area (Å²) in [5.74, 6) is -0.0300. The van der Waals surface area contributed by atoms with Gasteiger partial charge in [0.25, 0.3) is 5.91 Å². The zero-order valence-corrected chi connectivity index (χ0v) is 16.3. The largest absolute Gasteiger partial charge is 0.349 e. The fraction of sp³-hybridized carbons (Fsp3) is 0.529. The lowest BCUT2D eigenvalue weighted by Gasteiger charge is -2.23. The highest BCUT2D eigenvalue weighted by molar-refractivity contribution is 7.14. The minimum absolute atomic E-state index is 0.0300. The second-order valence-electron chi connectivity index (χ2n) is 6.93. The first kappa shape index (κ1) is 18.1. The molecule has 2 aromatic heterocycles. The molecule has 1 amide bonds. The number of likely N-dealkylation sites (N-methyl/N-ethyl adjacent to an activating group) is 1. The van der Waals surface area contributed by atoms with Crippen molar-refractivity contribution in [3.8, 4) is 0 Å². The smallest absolute Gasteiger partial charge is 0.263 e. The first-order valence-corrected chi connectivity index (χ1v) is 9.40. The van der Waals surface area contributed by atoms with E-state index in [9.17, 15) is 4.79 Å². The average molecular weight is 352 g/mol. The molecule has 0 aliphatic carbocycles. The van der Waals surface area contributed by atoms with Crippen LogP contribution in [0.3, 0.4) is 0 Å². The molecule has 6 heteroatoms. The Kier molecular flexibility index (Phi) is 5.60. The molecule has 2 rings (SSSR count). The molecule has 0 bridgehead atoms. The maximum absolute atomic E-state index is 12.5. The Morgan fingerprint density at radius 1 is 1.39 bits per heavy atom. The lowest BCUT2D eigenvalue weighted by molar-refractivity contribution is 0.0945. The van der Waals surface area contributed by atoms with Crippen molar-refractivity contribution in [3.05, 3.63) is 38.0 Å². The molecule has 2 heterocycles. The predicted octanol–water partition coefficient (Wildman–Crippen LogP) is 3.84. The fourth-order valence-electron chi connectivity index (χ4n) is 2.26. The lowest BCUT2D eigenvalue weighted by Crippen LogP contribution is -2.34. The third kappa shape index (κ3) is 4.40. The maximum atomic E-state index is 12.5. The summed E-state index contributed by atoms with van der Waals surface area (Å²) in [7, 11) is 4.06. The number of thiophene rings is 1. The van der Waals surface area contributed by atoms with E-state index in [2.05, 4.69) is 52.8 Å². The SMILES string of the molecule is Cc1nc(C(C)(C)C)sc1C(=O)NCC(c1ccsc1)N(C)C. The van der Waals surface area contributed by atoms with Gasteiger partial charge >= 0.3 is 0 Å². The van der Waals surface area contributed by atoms with Crippen LogP contribution in [0, 0.1) is 6.92 Å². The minimum atomic E-state index is -0.0309. The molecule has 4 nitrogen and oxygen atoms in total. The van der Waals surface area contributed by atoms with Crippen molar-refractivity contribution >= 4 is 28.6 Å². The van der Waals surface area contributed by atoms with Gasteiger partial charge in [-0.15, -0.1) is 11.3 Å². The molecule has 0 aliphatic rings. The Hall–Kier alpha value is -1.24.